The molecule has 0 unspecified atom stereocenters. The minimum Gasteiger partial charge on any atom is -0.353 e. The van der Waals surface area contributed by atoms with Crippen molar-refractivity contribution in [3.05, 3.63) is 78.1 Å². The zero-order chi connectivity index (χ0) is 23.9. The normalized spacial score (nSPS) is 14.7. The Morgan fingerprint density at radius 2 is 1.81 bits per heavy atom. The minimum atomic E-state index is 0.711. The van der Waals surface area contributed by atoms with E-state index in [1.807, 2.05) is 18.6 Å². The van der Waals surface area contributed by atoms with Gasteiger partial charge in [0.25, 0.3) is 0 Å². The van der Waals surface area contributed by atoms with E-state index in [0.717, 1.165) is 40.0 Å². The molecule has 0 saturated carbocycles. The highest BCUT2D eigenvalue weighted by Gasteiger charge is 2.16. The van der Waals surface area contributed by atoms with Crippen molar-refractivity contribution in [2.24, 2.45) is 0 Å². The van der Waals surface area contributed by atoms with E-state index in [1.54, 1.807) is 11.3 Å². The van der Waals surface area contributed by atoms with Gasteiger partial charge in [0.15, 0.2) is 5.65 Å². The molecule has 36 heavy (non-hydrogen) atoms. The second kappa shape index (κ2) is 9.00. The molecule has 2 N–H and O–H groups in total. The number of fused-ring (bicyclic) bond motifs is 2. The molecule has 6 nitrogen and oxygen atoms in total. The molecule has 0 amide bonds. The molecule has 1 saturated heterocycles. The first-order valence-corrected chi connectivity index (χ1v) is 13.4. The number of likely N-dealkylation sites (tertiary alicyclic amines) is 1. The average Bonchev–Trinajstić information content (AvgIpc) is 3.68. The standard InChI is InChI=1S/C29H26N6S/c1-2-9-35(10-3-1)18-19-12-20(16-30-15-19)21-13-24-28(33-34-29(24)31-17-21)26-14-23-22(27-8-5-11-36-27)6-4-7-25(23)32-26/h4-8,11-17,32H,1-3,9-10,18H2,(H,31,33,34). The van der Waals surface area contributed by atoms with Crippen LogP contribution in [-0.2, 0) is 6.54 Å². The Labute approximate surface area is 213 Å². The molecule has 0 spiro atoms. The van der Waals surface area contributed by atoms with Crippen molar-refractivity contribution in [3.8, 4) is 33.0 Å². The third-order valence-electron chi connectivity index (χ3n) is 7.11. The van der Waals surface area contributed by atoms with E-state index in [-0.39, 0.29) is 0 Å². The van der Waals surface area contributed by atoms with Gasteiger partial charge >= 0.3 is 0 Å². The van der Waals surface area contributed by atoms with Crippen LogP contribution >= 0.6 is 11.3 Å². The predicted molar refractivity (Wildman–Crippen MR) is 147 cm³/mol. The number of pyridine rings is 2. The summed E-state index contributed by atoms with van der Waals surface area (Å²) in [7, 11) is 0. The molecule has 1 aromatic carbocycles. The zero-order valence-electron chi connectivity index (χ0n) is 19.9. The van der Waals surface area contributed by atoms with Gasteiger partial charge in [-0.2, -0.15) is 5.10 Å². The summed E-state index contributed by atoms with van der Waals surface area (Å²) in [6.07, 6.45) is 9.74. The summed E-state index contributed by atoms with van der Waals surface area (Å²) in [5.74, 6) is 0. The van der Waals surface area contributed by atoms with Crippen LogP contribution < -0.4 is 0 Å². The number of H-pyrrole nitrogens is 2. The van der Waals surface area contributed by atoms with Crippen molar-refractivity contribution in [1.82, 2.24) is 30.0 Å². The maximum absolute atomic E-state index is 4.67. The maximum atomic E-state index is 4.67. The zero-order valence-corrected chi connectivity index (χ0v) is 20.7. The van der Waals surface area contributed by atoms with Crippen molar-refractivity contribution < 1.29 is 0 Å². The predicted octanol–water partition coefficient (Wildman–Crippen LogP) is 6.88. The monoisotopic (exact) mass is 490 g/mol. The molecular formula is C29H26N6S. The Kier molecular flexibility index (Phi) is 5.37. The Morgan fingerprint density at radius 3 is 2.69 bits per heavy atom. The lowest BCUT2D eigenvalue weighted by molar-refractivity contribution is 0.220. The summed E-state index contributed by atoms with van der Waals surface area (Å²) >= 11 is 1.76. The molecule has 0 aliphatic carbocycles. The van der Waals surface area contributed by atoms with Crippen LogP contribution in [-0.4, -0.2) is 43.1 Å². The van der Waals surface area contributed by atoms with Gasteiger partial charge in [-0.15, -0.1) is 11.3 Å². The van der Waals surface area contributed by atoms with Crippen LogP contribution in [0.5, 0.6) is 0 Å². The summed E-state index contributed by atoms with van der Waals surface area (Å²) in [4.78, 5) is 16.6. The van der Waals surface area contributed by atoms with E-state index >= 15 is 0 Å². The number of rotatable bonds is 5. The molecule has 0 atom stereocenters. The summed E-state index contributed by atoms with van der Waals surface area (Å²) in [6.45, 7) is 3.30. The highest BCUT2D eigenvalue weighted by atomic mass is 32.1. The molecule has 6 heterocycles. The first kappa shape index (κ1) is 21.5. The third kappa shape index (κ3) is 3.90. The summed E-state index contributed by atoms with van der Waals surface area (Å²) in [5, 5.41) is 12.0. The van der Waals surface area contributed by atoms with Crippen molar-refractivity contribution in [3.63, 3.8) is 0 Å². The largest absolute Gasteiger partial charge is 0.353 e. The van der Waals surface area contributed by atoms with Crippen molar-refractivity contribution in [2.45, 2.75) is 25.8 Å². The minimum absolute atomic E-state index is 0.711. The fraction of sp³-hybridized carbons (Fsp3) is 0.207. The van der Waals surface area contributed by atoms with Crippen LogP contribution in [0.15, 0.2) is 72.5 Å². The molecule has 1 fully saturated rings. The van der Waals surface area contributed by atoms with Crippen LogP contribution in [0, 0.1) is 0 Å². The number of aromatic amines is 2. The molecule has 7 rings (SSSR count). The van der Waals surface area contributed by atoms with E-state index in [4.69, 9.17) is 0 Å². The van der Waals surface area contributed by atoms with Gasteiger partial charge in [0, 0.05) is 63.0 Å². The molecule has 5 aromatic heterocycles. The molecular weight excluding hydrogens is 464 g/mol. The quantitative estimate of drug-likeness (QED) is 0.276. The number of nitrogens with one attached hydrogen (secondary N) is 2. The summed E-state index contributed by atoms with van der Waals surface area (Å²) in [6, 6.07) is 17.3. The molecule has 1 aliphatic heterocycles. The fourth-order valence-corrected chi connectivity index (χ4v) is 6.07. The van der Waals surface area contributed by atoms with Crippen LogP contribution in [0.3, 0.4) is 0 Å². The van der Waals surface area contributed by atoms with E-state index in [9.17, 15) is 0 Å². The number of thiophene rings is 1. The van der Waals surface area contributed by atoms with Gasteiger partial charge in [0.2, 0.25) is 0 Å². The van der Waals surface area contributed by atoms with E-state index in [2.05, 4.69) is 84.0 Å². The first-order chi connectivity index (χ1) is 17.8. The second-order valence-corrected chi connectivity index (χ2v) is 10.5. The number of piperidine rings is 1. The number of hydrogen-bond acceptors (Lipinski definition) is 5. The van der Waals surface area contributed by atoms with Crippen LogP contribution in [0.4, 0.5) is 0 Å². The molecule has 0 bridgehead atoms. The molecule has 0 radical (unpaired) electrons. The third-order valence-corrected chi connectivity index (χ3v) is 8.02. The van der Waals surface area contributed by atoms with Crippen molar-refractivity contribution in [1.29, 1.82) is 0 Å². The van der Waals surface area contributed by atoms with Crippen molar-refractivity contribution >= 4 is 33.3 Å². The maximum Gasteiger partial charge on any atom is 0.181 e. The van der Waals surface area contributed by atoms with Gasteiger partial charge in [0.05, 0.1) is 11.4 Å². The first-order valence-electron chi connectivity index (χ1n) is 12.5. The number of benzene rings is 1. The van der Waals surface area contributed by atoms with Gasteiger partial charge < -0.3 is 4.98 Å². The Hall–Kier alpha value is -3.81. The van der Waals surface area contributed by atoms with Crippen molar-refractivity contribution in [2.75, 3.05) is 13.1 Å². The Morgan fingerprint density at radius 1 is 0.889 bits per heavy atom. The number of aromatic nitrogens is 5. The molecule has 6 aromatic rings. The number of nitrogens with zero attached hydrogens (tertiary/aromatic N) is 4. The smallest absolute Gasteiger partial charge is 0.181 e. The molecule has 178 valence electrons. The topological polar surface area (TPSA) is 73.5 Å². The highest BCUT2D eigenvalue weighted by molar-refractivity contribution is 7.13. The molecule has 7 heteroatoms. The van der Waals surface area contributed by atoms with Crippen LogP contribution in [0.2, 0.25) is 0 Å². The Bertz CT molecular complexity index is 1660. The van der Waals surface area contributed by atoms with Crippen LogP contribution in [0.1, 0.15) is 24.8 Å². The second-order valence-electron chi connectivity index (χ2n) is 9.54. The van der Waals surface area contributed by atoms with E-state index in [1.165, 1.54) is 53.7 Å². The Balaban J connectivity index is 1.26. The molecule has 1 aliphatic rings. The van der Waals surface area contributed by atoms with E-state index < -0.39 is 0 Å². The number of hydrogen-bond donors (Lipinski definition) is 2. The SMILES string of the molecule is c1csc(-c2cccc3[nH]c(-c4[nH]nc5ncc(-c6cncc(CN7CCCCC7)c6)cc45)cc23)c1. The fourth-order valence-electron chi connectivity index (χ4n) is 5.31. The average molecular weight is 491 g/mol. The van der Waals surface area contributed by atoms with Gasteiger partial charge in [-0.05, 0) is 67.2 Å². The van der Waals surface area contributed by atoms with E-state index in [0.29, 0.717) is 5.65 Å². The van der Waals surface area contributed by atoms with Crippen LogP contribution in [0.25, 0.3) is 54.9 Å². The van der Waals surface area contributed by atoms with Gasteiger partial charge in [-0.1, -0.05) is 24.6 Å². The lowest BCUT2D eigenvalue weighted by Crippen LogP contribution is -2.29. The highest BCUT2D eigenvalue weighted by Crippen LogP contribution is 2.36. The lowest BCUT2D eigenvalue weighted by Gasteiger charge is -2.26. The summed E-state index contributed by atoms with van der Waals surface area (Å²) in [5.41, 5.74) is 8.40. The summed E-state index contributed by atoms with van der Waals surface area (Å²) < 4.78 is 0. The van der Waals surface area contributed by atoms with Gasteiger partial charge in [-0.3, -0.25) is 15.0 Å². The lowest BCUT2D eigenvalue weighted by atomic mass is 10.0. The van der Waals surface area contributed by atoms with Gasteiger partial charge in [0.1, 0.15) is 0 Å². The van der Waals surface area contributed by atoms with Gasteiger partial charge in [-0.25, -0.2) is 4.98 Å².